The summed E-state index contributed by atoms with van der Waals surface area (Å²) in [7, 11) is -9.49. The lowest BCUT2D eigenvalue weighted by Gasteiger charge is -2.29. The Kier molecular flexibility index (Phi) is 12.5. The molecule has 200 valence electrons. The average molecular weight is 550 g/mol. The molecule has 0 aromatic carbocycles. The highest BCUT2D eigenvalue weighted by Gasteiger charge is 2.46. The van der Waals surface area contributed by atoms with Gasteiger partial charge >= 0.3 is 23.0 Å². The molecule has 0 aliphatic rings. The van der Waals surface area contributed by atoms with Crippen molar-refractivity contribution < 1.29 is 66.7 Å². The highest BCUT2D eigenvalue weighted by molar-refractivity contribution is 8.13. The van der Waals surface area contributed by atoms with Crippen molar-refractivity contribution >= 4 is 32.0 Å². The number of hydrogen-bond acceptors (Lipinski definition) is 8. The number of alkyl halides is 6. The molecule has 0 saturated heterocycles. The maximum absolute atomic E-state index is 11.4. The van der Waals surface area contributed by atoms with Gasteiger partial charge in [-0.2, -0.15) is 26.3 Å². The van der Waals surface area contributed by atoms with Crippen LogP contribution in [0.2, 0.25) is 0 Å². The quantitative estimate of drug-likeness (QED) is 0.175. The Morgan fingerprint density at radius 2 is 1.03 bits per heavy atom. The summed E-state index contributed by atoms with van der Waals surface area (Å²) in [4.78, 5) is 22.4. The van der Waals surface area contributed by atoms with Crippen LogP contribution in [-0.4, -0.2) is 84.7 Å². The number of esters is 2. The van der Waals surface area contributed by atoms with E-state index in [2.05, 4.69) is 13.2 Å². The van der Waals surface area contributed by atoms with Gasteiger partial charge in [0.05, 0.1) is 14.1 Å². The predicted molar refractivity (Wildman–Crippen MR) is 107 cm³/mol. The molecule has 0 aromatic rings. The van der Waals surface area contributed by atoms with Crippen molar-refractivity contribution in [3.8, 4) is 0 Å². The van der Waals surface area contributed by atoms with Gasteiger partial charge in [-0.1, -0.05) is 13.2 Å². The molecule has 34 heavy (non-hydrogen) atoms. The number of ether oxygens (including phenoxy) is 2. The fourth-order valence-electron chi connectivity index (χ4n) is 1.34. The number of carbonyl (C=O) groups excluding carboxylic acids is 2. The number of halogens is 6. The van der Waals surface area contributed by atoms with Crippen molar-refractivity contribution in [3.05, 3.63) is 28.4 Å². The van der Waals surface area contributed by atoms with E-state index >= 15 is 0 Å². The molecule has 0 atom stereocenters. The summed E-state index contributed by atoms with van der Waals surface area (Å²) in [6, 6.07) is 0. The van der Waals surface area contributed by atoms with Gasteiger partial charge in [0.25, 0.3) is 0 Å². The second kappa shape index (κ2) is 12.5. The van der Waals surface area contributed by atoms with Gasteiger partial charge in [0, 0.05) is 11.1 Å². The third kappa shape index (κ3) is 12.9. The fraction of sp³-hybridized carbons (Fsp3) is 0.625. The van der Waals surface area contributed by atoms with E-state index in [4.69, 9.17) is 9.47 Å². The molecule has 10 nitrogen and oxygen atoms in total. The summed E-state index contributed by atoms with van der Waals surface area (Å²) in [5.41, 5.74) is -11.6. The van der Waals surface area contributed by atoms with Crippen molar-refractivity contribution in [2.45, 2.75) is 24.9 Å². The number of quaternary nitrogens is 1. The van der Waals surface area contributed by atoms with Crippen LogP contribution in [0.5, 0.6) is 0 Å². The highest BCUT2D eigenvalue weighted by atomic mass is 32.3. The van der Waals surface area contributed by atoms with E-state index in [0.29, 0.717) is 41.9 Å². The Balaban J connectivity index is 0. The van der Waals surface area contributed by atoms with E-state index in [9.17, 15) is 52.8 Å². The number of nitrogens with zero attached hydrogens (tertiary/aromatic N) is 2. The van der Waals surface area contributed by atoms with Gasteiger partial charge in [0.15, 0.2) is 20.0 Å². The van der Waals surface area contributed by atoms with Gasteiger partial charge in [-0.15, -0.1) is 0 Å². The van der Waals surface area contributed by atoms with E-state index in [1.165, 1.54) is 0 Å². The minimum Gasteiger partial charge on any atom is -0.456 e. The van der Waals surface area contributed by atoms with Crippen LogP contribution < -0.4 is 0 Å². The molecule has 0 spiro atoms. The lowest BCUT2D eigenvalue weighted by Crippen LogP contribution is -2.45. The van der Waals surface area contributed by atoms with Crippen LogP contribution in [0.3, 0.4) is 0 Å². The van der Waals surface area contributed by atoms with Gasteiger partial charge in [-0.25, -0.2) is 26.4 Å². The third-order valence-corrected chi connectivity index (χ3v) is 6.08. The minimum atomic E-state index is -6.72. The van der Waals surface area contributed by atoms with Crippen molar-refractivity contribution in [3.63, 3.8) is 0 Å². The van der Waals surface area contributed by atoms with Crippen LogP contribution in [-0.2, 0) is 39.1 Å². The summed E-state index contributed by atoms with van der Waals surface area (Å²) in [6.07, 6.45) is 0. The van der Waals surface area contributed by atoms with Crippen LogP contribution in [0, 0.1) is 0 Å². The first-order chi connectivity index (χ1) is 14.9. The molecule has 0 aliphatic carbocycles. The zero-order valence-electron chi connectivity index (χ0n) is 18.5. The van der Waals surface area contributed by atoms with Crippen molar-refractivity contribution in [1.82, 2.24) is 0 Å². The Morgan fingerprint density at radius 1 is 0.765 bits per heavy atom. The number of carbonyl (C=O) groups is 2. The van der Waals surface area contributed by atoms with E-state index in [1.807, 2.05) is 14.1 Å². The molecule has 0 bridgehead atoms. The summed E-state index contributed by atoms with van der Waals surface area (Å²) in [6.45, 7) is 12.2. The Labute approximate surface area is 192 Å². The van der Waals surface area contributed by atoms with Gasteiger partial charge < -0.3 is 18.1 Å². The topological polar surface area (TPSA) is 135 Å². The molecule has 0 rings (SSSR count). The van der Waals surface area contributed by atoms with Gasteiger partial charge in [-0.3, -0.25) is 0 Å². The molecule has 0 saturated carbocycles. The Hall–Kier alpha value is -2.18. The number of hydrogen-bond donors (Lipinski definition) is 0. The smallest absolute Gasteiger partial charge is 0.456 e. The molecular weight excluding hydrogens is 526 g/mol. The summed E-state index contributed by atoms with van der Waals surface area (Å²) in [5.74, 6) is -0.762. The normalized spacial score (nSPS) is 12.8. The first-order valence-corrected chi connectivity index (χ1v) is 11.6. The van der Waals surface area contributed by atoms with Crippen LogP contribution in [0.4, 0.5) is 26.3 Å². The molecule has 0 aromatic heterocycles. The lowest BCUT2D eigenvalue weighted by atomic mass is 10.3. The van der Waals surface area contributed by atoms with Crippen molar-refractivity contribution in [2.75, 3.05) is 40.4 Å². The fourth-order valence-corrected chi connectivity index (χ4v) is 3.05. The van der Waals surface area contributed by atoms with Crippen LogP contribution in [0.15, 0.2) is 24.3 Å². The molecule has 0 radical (unpaired) electrons. The average Bonchev–Trinajstić information content (AvgIpc) is 2.58. The molecule has 18 heteroatoms. The molecular formula is C16H24F6N2O8S2. The van der Waals surface area contributed by atoms with E-state index in [-0.39, 0.29) is 11.9 Å². The Morgan fingerprint density at radius 3 is 1.24 bits per heavy atom. The standard InChI is InChI=1S/C14H24NO4.C2F6NO4S2/c1-11(2)13(16)18-9-7-15(5,6)8-10-19-14(17)12(3)4;3-1(4,5)14(10,11)9-15(12,13)2(6,7)8/h1,3,7-10H2,2,4-6H3;/q+1;-1. The minimum absolute atomic E-state index is 0.313. The first kappa shape index (κ1) is 34.0. The van der Waals surface area contributed by atoms with Crippen LogP contribution in [0.1, 0.15) is 13.8 Å². The van der Waals surface area contributed by atoms with Crippen molar-refractivity contribution in [1.29, 1.82) is 0 Å². The van der Waals surface area contributed by atoms with Gasteiger partial charge in [0.2, 0.25) is 0 Å². The molecule has 0 amide bonds. The largest absolute Gasteiger partial charge is 0.480 e. The van der Waals surface area contributed by atoms with Crippen LogP contribution in [0.25, 0.3) is 4.13 Å². The van der Waals surface area contributed by atoms with E-state index in [0.717, 1.165) is 4.13 Å². The first-order valence-electron chi connectivity index (χ1n) is 8.70. The second-order valence-electron chi connectivity index (χ2n) is 7.13. The van der Waals surface area contributed by atoms with Crippen molar-refractivity contribution in [2.24, 2.45) is 0 Å². The SMILES string of the molecule is C=C(C)C(=O)OCC[N+](C)(C)CCOC(=O)C(=C)C.O=S(=O)([N-]S(=O)(=O)C(F)(F)F)C(F)(F)F. The van der Waals surface area contributed by atoms with Gasteiger partial charge in [-0.05, 0) is 13.8 Å². The lowest BCUT2D eigenvalue weighted by molar-refractivity contribution is -0.890. The summed E-state index contributed by atoms with van der Waals surface area (Å²) >= 11 is 0. The van der Waals surface area contributed by atoms with Crippen LogP contribution >= 0.6 is 0 Å². The molecule has 0 N–H and O–H groups in total. The maximum Gasteiger partial charge on any atom is 0.480 e. The maximum atomic E-state index is 11.4. The number of likely N-dealkylation sites (N-methyl/N-ethyl adjacent to an activating group) is 1. The summed E-state index contributed by atoms with van der Waals surface area (Å²) < 4.78 is 120. The molecule has 0 unspecified atom stereocenters. The molecule has 0 fully saturated rings. The van der Waals surface area contributed by atoms with Gasteiger partial charge in [0.1, 0.15) is 26.3 Å². The Bertz CT molecular complexity index is 894. The van der Waals surface area contributed by atoms with E-state index in [1.54, 1.807) is 13.8 Å². The molecule has 0 aliphatic heterocycles. The second-order valence-corrected chi connectivity index (χ2v) is 10.6. The highest BCUT2D eigenvalue weighted by Crippen LogP contribution is 2.36. The monoisotopic (exact) mass is 550 g/mol. The predicted octanol–water partition coefficient (Wildman–Crippen LogP) is 2.36. The number of sulfonamides is 2. The zero-order valence-corrected chi connectivity index (χ0v) is 20.1. The summed E-state index contributed by atoms with van der Waals surface area (Å²) in [5, 5.41) is 0. The van der Waals surface area contributed by atoms with E-state index < -0.39 is 31.1 Å². The zero-order chi connectivity index (χ0) is 27.8. The third-order valence-electron chi connectivity index (χ3n) is 3.34. The number of rotatable bonds is 10. The molecule has 0 heterocycles.